The molecule has 1 heterocycles. The molecule has 0 aliphatic carbocycles. The number of hydrogen-bond donors (Lipinski definition) is 1. The predicted octanol–water partition coefficient (Wildman–Crippen LogP) is 0.838. The molecule has 0 bridgehead atoms. The second-order valence-corrected chi connectivity index (χ2v) is 9.54. The van der Waals surface area contributed by atoms with Gasteiger partial charge in [-0.2, -0.15) is 0 Å². The maximum absolute atomic E-state index is 12.2. The van der Waals surface area contributed by atoms with Crippen molar-refractivity contribution in [3.63, 3.8) is 0 Å². The highest BCUT2D eigenvalue weighted by molar-refractivity contribution is 7.88. The van der Waals surface area contributed by atoms with Gasteiger partial charge in [-0.25, -0.2) is 25.9 Å². The fraction of sp³-hybridized carbons (Fsp3) is 0.571. The van der Waals surface area contributed by atoms with Crippen LogP contribution in [0.4, 0.5) is 0 Å². The molecule has 0 saturated carbocycles. The highest BCUT2D eigenvalue weighted by atomic mass is 32.2. The van der Waals surface area contributed by atoms with Crippen molar-refractivity contribution < 1.29 is 16.8 Å². The predicted molar refractivity (Wildman–Crippen MR) is 86.4 cm³/mol. The molecule has 1 aliphatic rings. The largest absolute Gasteiger partial charge is 0.216 e. The zero-order valence-electron chi connectivity index (χ0n) is 12.8. The molecular weight excluding hydrogens is 324 g/mol. The summed E-state index contributed by atoms with van der Waals surface area (Å²) in [5.74, 6) is -0.0560. The van der Waals surface area contributed by atoms with Crippen LogP contribution in [0.3, 0.4) is 0 Å². The van der Waals surface area contributed by atoms with Gasteiger partial charge in [0.2, 0.25) is 20.0 Å². The maximum atomic E-state index is 12.2. The Morgan fingerprint density at radius 2 is 1.64 bits per heavy atom. The first-order valence-electron chi connectivity index (χ1n) is 7.16. The summed E-state index contributed by atoms with van der Waals surface area (Å²) in [6, 6.07) is 7.18. The molecule has 1 fully saturated rings. The number of hydrogen-bond acceptors (Lipinski definition) is 4. The van der Waals surface area contributed by atoms with Gasteiger partial charge in [-0.1, -0.05) is 29.8 Å². The molecule has 22 heavy (non-hydrogen) atoms. The Labute approximate surface area is 132 Å². The van der Waals surface area contributed by atoms with Crippen LogP contribution in [0.15, 0.2) is 24.3 Å². The lowest BCUT2D eigenvalue weighted by atomic mass is 10.1. The van der Waals surface area contributed by atoms with E-state index in [9.17, 15) is 16.8 Å². The van der Waals surface area contributed by atoms with Gasteiger partial charge in [0.1, 0.15) is 0 Å². The quantitative estimate of drug-likeness (QED) is 0.856. The van der Waals surface area contributed by atoms with Gasteiger partial charge in [0.25, 0.3) is 0 Å². The Morgan fingerprint density at radius 1 is 1.09 bits per heavy atom. The summed E-state index contributed by atoms with van der Waals surface area (Å²) in [4.78, 5) is 0. The monoisotopic (exact) mass is 346 g/mol. The van der Waals surface area contributed by atoms with E-state index in [2.05, 4.69) is 4.72 Å². The van der Waals surface area contributed by atoms with Gasteiger partial charge in [-0.05, 0) is 25.3 Å². The molecule has 0 aromatic heterocycles. The number of nitrogens with one attached hydrogen (secondary N) is 1. The van der Waals surface area contributed by atoms with Crippen molar-refractivity contribution in [2.24, 2.45) is 0 Å². The van der Waals surface area contributed by atoms with Crippen molar-refractivity contribution in [2.45, 2.75) is 31.6 Å². The minimum atomic E-state index is -3.42. The average Bonchev–Trinajstić information content (AvgIpc) is 2.40. The van der Waals surface area contributed by atoms with E-state index in [0.29, 0.717) is 25.9 Å². The van der Waals surface area contributed by atoms with E-state index in [4.69, 9.17) is 0 Å². The Kier molecular flexibility index (Phi) is 5.26. The molecule has 0 amide bonds. The molecule has 0 atom stereocenters. The van der Waals surface area contributed by atoms with Gasteiger partial charge in [0.15, 0.2) is 0 Å². The van der Waals surface area contributed by atoms with Crippen molar-refractivity contribution >= 4 is 20.0 Å². The van der Waals surface area contributed by atoms with E-state index >= 15 is 0 Å². The Balaban J connectivity index is 1.92. The molecule has 1 saturated heterocycles. The lowest BCUT2D eigenvalue weighted by Crippen LogP contribution is -2.46. The molecule has 124 valence electrons. The third-order valence-corrected chi connectivity index (χ3v) is 6.46. The molecule has 8 heteroatoms. The highest BCUT2D eigenvalue weighted by Gasteiger charge is 2.27. The van der Waals surface area contributed by atoms with Crippen molar-refractivity contribution in [1.29, 1.82) is 0 Å². The number of benzene rings is 1. The minimum absolute atomic E-state index is 0.0560. The van der Waals surface area contributed by atoms with Crippen LogP contribution in [0.2, 0.25) is 0 Å². The van der Waals surface area contributed by atoms with Crippen LogP contribution in [0.5, 0.6) is 0 Å². The van der Waals surface area contributed by atoms with Crippen LogP contribution in [-0.2, 0) is 25.8 Å². The first kappa shape index (κ1) is 17.4. The zero-order valence-corrected chi connectivity index (χ0v) is 14.5. The van der Waals surface area contributed by atoms with E-state index in [-0.39, 0.29) is 11.8 Å². The van der Waals surface area contributed by atoms with Crippen LogP contribution < -0.4 is 4.72 Å². The molecule has 0 unspecified atom stereocenters. The SMILES string of the molecule is Cc1ccc(CS(=O)(=O)NC2CCN(S(C)(=O)=O)CC2)cc1. The summed E-state index contributed by atoms with van der Waals surface area (Å²) in [6.45, 7) is 2.67. The second kappa shape index (κ2) is 6.66. The standard InChI is InChI=1S/C14H22N2O4S2/c1-12-3-5-13(6-4-12)11-22(19,20)15-14-7-9-16(10-8-14)21(2,17)18/h3-6,14-15H,7-11H2,1-2H3. The number of piperidine rings is 1. The maximum Gasteiger partial charge on any atom is 0.216 e. The summed E-state index contributed by atoms with van der Waals surface area (Å²) >= 11 is 0. The third-order valence-electron chi connectivity index (χ3n) is 3.75. The Bertz CT molecular complexity index is 704. The fourth-order valence-electron chi connectivity index (χ4n) is 2.50. The Morgan fingerprint density at radius 3 is 2.14 bits per heavy atom. The fourth-order valence-corrected chi connectivity index (χ4v) is 4.84. The smallest absolute Gasteiger partial charge is 0.213 e. The zero-order chi connectivity index (χ0) is 16.4. The summed E-state index contributed by atoms with van der Waals surface area (Å²) < 4.78 is 51.3. The third kappa shape index (κ3) is 5.05. The van der Waals surface area contributed by atoms with Gasteiger partial charge in [0, 0.05) is 19.1 Å². The molecule has 1 aromatic carbocycles. The highest BCUT2D eigenvalue weighted by Crippen LogP contribution is 2.15. The summed E-state index contributed by atoms with van der Waals surface area (Å²) in [6.07, 6.45) is 2.18. The molecule has 1 aromatic rings. The molecule has 1 aliphatic heterocycles. The van der Waals surface area contributed by atoms with Crippen LogP contribution in [0, 0.1) is 6.92 Å². The second-order valence-electron chi connectivity index (χ2n) is 5.80. The summed E-state index contributed by atoms with van der Waals surface area (Å²) in [5.41, 5.74) is 1.83. The Hall–Kier alpha value is -0.960. The molecule has 1 N–H and O–H groups in total. The average molecular weight is 346 g/mol. The first-order chi connectivity index (χ1) is 10.2. The van der Waals surface area contributed by atoms with Gasteiger partial charge < -0.3 is 0 Å². The van der Waals surface area contributed by atoms with Crippen molar-refractivity contribution in [1.82, 2.24) is 9.03 Å². The van der Waals surface area contributed by atoms with Gasteiger partial charge in [-0.15, -0.1) is 0 Å². The molecule has 0 radical (unpaired) electrons. The van der Waals surface area contributed by atoms with E-state index < -0.39 is 20.0 Å². The van der Waals surface area contributed by atoms with E-state index in [1.807, 2.05) is 19.1 Å². The molecular formula is C14H22N2O4S2. The van der Waals surface area contributed by atoms with Gasteiger partial charge >= 0.3 is 0 Å². The van der Waals surface area contributed by atoms with Crippen LogP contribution in [-0.4, -0.2) is 46.5 Å². The topological polar surface area (TPSA) is 83.6 Å². The summed E-state index contributed by atoms with van der Waals surface area (Å²) in [5, 5.41) is 0. The lowest BCUT2D eigenvalue weighted by molar-refractivity contribution is 0.310. The lowest BCUT2D eigenvalue weighted by Gasteiger charge is -2.30. The minimum Gasteiger partial charge on any atom is -0.213 e. The number of rotatable bonds is 5. The first-order valence-corrected chi connectivity index (χ1v) is 10.7. The summed E-state index contributed by atoms with van der Waals surface area (Å²) in [7, 11) is -6.61. The van der Waals surface area contributed by atoms with Crippen molar-refractivity contribution in [3.05, 3.63) is 35.4 Å². The van der Waals surface area contributed by atoms with Gasteiger partial charge in [0.05, 0.1) is 12.0 Å². The number of aryl methyl sites for hydroxylation is 1. The van der Waals surface area contributed by atoms with Gasteiger partial charge in [-0.3, -0.25) is 0 Å². The van der Waals surface area contributed by atoms with Crippen LogP contribution in [0.25, 0.3) is 0 Å². The van der Waals surface area contributed by atoms with Crippen LogP contribution >= 0.6 is 0 Å². The number of sulfonamides is 2. The van der Waals surface area contributed by atoms with Crippen LogP contribution in [0.1, 0.15) is 24.0 Å². The van der Waals surface area contributed by atoms with E-state index in [0.717, 1.165) is 11.1 Å². The van der Waals surface area contributed by atoms with Crippen molar-refractivity contribution in [3.8, 4) is 0 Å². The number of nitrogens with zero attached hydrogens (tertiary/aromatic N) is 1. The van der Waals surface area contributed by atoms with E-state index in [1.165, 1.54) is 10.6 Å². The molecule has 0 spiro atoms. The molecule has 2 rings (SSSR count). The van der Waals surface area contributed by atoms with E-state index in [1.54, 1.807) is 12.1 Å². The van der Waals surface area contributed by atoms with Crippen molar-refractivity contribution in [2.75, 3.05) is 19.3 Å². The molecule has 6 nitrogen and oxygen atoms in total. The normalized spacial score (nSPS) is 18.5.